The molecule has 1 saturated heterocycles. The van der Waals surface area contributed by atoms with E-state index in [1.54, 1.807) is 11.8 Å². The molecule has 1 aromatic heterocycles. The molecule has 0 radical (unpaired) electrons. The summed E-state index contributed by atoms with van der Waals surface area (Å²) in [6, 6.07) is 0. The zero-order valence-electron chi connectivity index (χ0n) is 11.5. The number of likely N-dealkylation sites (tertiary alicyclic amines) is 1. The average Bonchev–Trinajstić information content (AvgIpc) is 3.02. The van der Waals surface area contributed by atoms with E-state index < -0.39 is 5.97 Å². The van der Waals surface area contributed by atoms with E-state index >= 15 is 0 Å². The van der Waals surface area contributed by atoms with Crippen LogP contribution in [0.3, 0.4) is 0 Å². The smallest absolute Gasteiger partial charge is 0.303 e. The van der Waals surface area contributed by atoms with Crippen molar-refractivity contribution < 1.29 is 19.2 Å². The lowest BCUT2D eigenvalue weighted by molar-refractivity contribution is -0.137. The predicted octanol–water partition coefficient (Wildman–Crippen LogP) is 1.02. The third-order valence-electron chi connectivity index (χ3n) is 3.53. The molecule has 7 heteroatoms. The topological polar surface area (TPSA) is 96.5 Å². The fourth-order valence-electron chi connectivity index (χ4n) is 2.44. The van der Waals surface area contributed by atoms with Gasteiger partial charge in [-0.1, -0.05) is 5.16 Å². The molecule has 1 aliphatic heterocycles. The SMILES string of the molecule is Cc1noc(CCC(=O)N2CCC(CCC(=O)O)C2)n1. The first-order chi connectivity index (χ1) is 9.54. The zero-order valence-corrected chi connectivity index (χ0v) is 11.5. The normalized spacial score (nSPS) is 18.4. The lowest BCUT2D eigenvalue weighted by Gasteiger charge is -2.15. The summed E-state index contributed by atoms with van der Waals surface area (Å²) in [5.41, 5.74) is 0. The molecule has 7 nitrogen and oxygen atoms in total. The number of hydrogen-bond acceptors (Lipinski definition) is 5. The highest BCUT2D eigenvalue weighted by Gasteiger charge is 2.26. The van der Waals surface area contributed by atoms with Crippen LogP contribution in [-0.2, 0) is 16.0 Å². The van der Waals surface area contributed by atoms with Gasteiger partial charge in [-0.2, -0.15) is 4.98 Å². The van der Waals surface area contributed by atoms with Crippen molar-refractivity contribution in [1.29, 1.82) is 0 Å². The molecule has 0 aromatic carbocycles. The van der Waals surface area contributed by atoms with Gasteiger partial charge in [0.25, 0.3) is 0 Å². The number of aromatic nitrogens is 2. The number of hydrogen-bond donors (Lipinski definition) is 1. The van der Waals surface area contributed by atoms with Crippen LogP contribution in [0.2, 0.25) is 0 Å². The largest absolute Gasteiger partial charge is 0.481 e. The molecule has 1 atom stereocenters. The summed E-state index contributed by atoms with van der Waals surface area (Å²) in [6.45, 7) is 3.11. The molecule has 0 aliphatic carbocycles. The second-order valence-corrected chi connectivity index (χ2v) is 5.16. The quantitative estimate of drug-likeness (QED) is 0.836. The Morgan fingerprint density at radius 3 is 2.90 bits per heavy atom. The van der Waals surface area contributed by atoms with Crippen LogP contribution < -0.4 is 0 Å². The van der Waals surface area contributed by atoms with Crippen LogP contribution in [0, 0.1) is 12.8 Å². The lowest BCUT2D eigenvalue weighted by Crippen LogP contribution is -2.29. The Balaban J connectivity index is 1.72. The van der Waals surface area contributed by atoms with Gasteiger partial charge in [-0.05, 0) is 25.7 Å². The molecular formula is C13H19N3O4. The second kappa shape index (κ2) is 6.49. The van der Waals surface area contributed by atoms with Crippen molar-refractivity contribution in [3.05, 3.63) is 11.7 Å². The fraction of sp³-hybridized carbons (Fsp3) is 0.692. The molecule has 1 unspecified atom stereocenters. The first-order valence-electron chi connectivity index (χ1n) is 6.83. The maximum Gasteiger partial charge on any atom is 0.303 e. The minimum Gasteiger partial charge on any atom is -0.481 e. The Morgan fingerprint density at radius 1 is 1.45 bits per heavy atom. The van der Waals surface area contributed by atoms with Gasteiger partial charge in [-0.15, -0.1) is 0 Å². The van der Waals surface area contributed by atoms with E-state index in [9.17, 15) is 9.59 Å². The molecule has 2 rings (SSSR count). The Labute approximate surface area is 117 Å². The number of carbonyl (C=O) groups is 2. The number of amides is 1. The minimum atomic E-state index is -0.776. The molecule has 0 bridgehead atoms. The summed E-state index contributed by atoms with van der Waals surface area (Å²) < 4.78 is 4.97. The van der Waals surface area contributed by atoms with E-state index in [0.717, 1.165) is 6.42 Å². The summed E-state index contributed by atoms with van der Waals surface area (Å²) >= 11 is 0. The standard InChI is InChI=1S/C13H19N3O4/c1-9-14-11(20-15-9)3-4-12(17)16-7-6-10(8-16)2-5-13(18)19/h10H,2-8H2,1H3,(H,18,19). The van der Waals surface area contributed by atoms with Crippen molar-refractivity contribution in [1.82, 2.24) is 15.0 Å². The van der Waals surface area contributed by atoms with E-state index in [2.05, 4.69) is 10.1 Å². The summed E-state index contributed by atoms with van der Waals surface area (Å²) in [6.07, 6.45) is 2.51. The number of aliphatic carboxylic acids is 1. The summed E-state index contributed by atoms with van der Waals surface area (Å²) in [5, 5.41) is 12.3. The highest BCUT2D eigenvalue weighted by atomic mass is 16.5. The van der Waals surface area contributed by atoms with Gasteiger partial charge >= 0.3 is 5.97 Å². The van der Waals surface area contributed by atoms with Crippen LogP contribution in [0.4, 0.5) is 0 Å². The molecule has 1 fully saturated rings. The zero-order chi connectivity index (χ0) is 14.5. The highest BCUT2D eigenvalue weighted by Crippen LogP contribution is 2.21. The summed E-state index contributed by atoms with van der Waals surface area (Å²) in [5.74, 6) is 0.653. The van der Waals surface area contributed by atoms with E-state index in [4.69, 9.17) is 9.63 Å². The third kappa shape index (κ3) is 4.04. The number of carbonyl (C=O) groups excluding carboxylic acids is 1. The van der Waals surface area contributed by atoms with Crippen molar-refractivity contribution in [2.75, 3.05) is 13.1 Å². The van der Waals surface area contributed by atoms with Crippen LogP contribution in [0.5, 0.6) is 0 Å². The highest BCUT2D eigenvalue weighted by molar-refractivity contribution is 5.76. The van der Waals surface area contributed by atoms with Gasteiger partial charge in [0.05, 0.1) is 0 Å². The third-order valence-corrected chi connectivity index (χ3v) is 3.53. The first kappa shape index (κ1) is 14.5. The van der Waals surface area contributed by atoms with Crippen LogP contribution in [-0.4, -0.2) is 45.1 Å². The van der Waals surface area contributed by atoms with Crippen LogP contribution in [0.25, 0.3) is 0 Å². The molecule has 110 valence electrons. The fourth-order valence-corrected chi connectivity index (χ4v) is 2.44. The van der Waals surface area contributed by atoms with E-state index in [0.29, 0.717) is 50.0 Å². The number of aryl methyl sites for hydroxylation is 2. The summed E-state index contributed by atoms with van der Waals surface area (Å²) in [7, 11) is 0. The van der Waals surface area contributed by atoms with Crippen LogP contribution in [0.15, 0.2) is 4.52 Å². The molecular weight excluding hydrogens is 262 g/mol. The van der Waals surface area contributed by atoms with Gasteiger partial charge in [0.1, 0.15) is 0 Å². The second-order valence-electron chi connectivity index (χ2n) is 5.16. The lowest BCUT2D eigenvalue weighted by atomic mass is 10.0. The van der Waals surface area contributed by atoms with Crippen molar-refractivity contribution in [2.45, 2.75) is 39.0 Å². The minimum absolute atomic E-state index is 0.0682. The van der Waals surface area contributed by atoms with Gasteiger partial charge < -0.3 is 14.5 Å². The molecule has 1 N–H and O–H groups in total. The Kier molecular flexibility index (Phi) is 4.70. The van der Waals surface area contributed by atoms with Gasteiger partial charge in [-0.3, -0.25) is 9.59 Å². The van der Waals surface area contributed by atoms with Crippen molar-refractivity contribution in [3.8, 4) is 0 Å². The van der Waals surface area contributed by atoms with Crippen molar-refractivity contribution in [3.63, 3.8) is 0 Å². The Morgan fingerprint density at radius 2 is 2.25 bits per heavy atom. The monoisotopic (exact) mass is 281 g/mol. The van der Waals surface area contributed by atoms with Gasteiger partial charge in [0, 0.05) is 32.4 Å². The first-order valence-corrected chi connectivity index (χ1v) is 6.83. The van der Waals surface area contributed by atoms with E-state index in [1.165, 1.54) is 0 Å². The van der Waals surface area contributed by atoms with Crippen LogP contribution in [0.1, 0.15) is 37.4 Å². The number of carboxylic acids is 1. The van der Waals surface area contributed by atoms with Gasteiger partial charge in [-0.25, -0.2) is 0 Å². The van der Waals surface area contributed by atoms with Gasteiger partial charge in [0.15, 0.2) is 5.82 Å². The average molecular weight is 281 g/mol. The van der Waals surface area contributed by atoms with Crippen molar-refractivity contribution in [2.24, 2.45) is 5.92 Å². The maximum absolute atomic E-state index is 12.0. The van der Waals surface area contributed by atoms with Crippen molar-refractivity contribution >= 4 is 11.9 Å². The molecule has 2 heterocycles. The predicted molar refractivity (Wildman–Crippen MR) is 68.9 cm³/mol. The van der Waals surface area contributed by atoms with Crippen LogP contribution >= 0.6 is 0 Å². The van der Waals surface area contributed by atoms with E-state index in [-0.39, 0.29) is 12.3 Å². The maximum atomic E-state index is 12.0. The molecule has 0 spiro atoms. The molecule has 1 aliphatic rings. The molecule has 1 aromatic rings. The Bertz CT molecular complexity index is 486. The summed E-state index contributed by atoms with van der Waals surface area (Å²) in [4.78, 5) is 28.4. The Hall–Kier alpha value is -1.92. The molecule has 0 saturated carbocycles. The number of rotatable bonds is 6. The number of nitrogens with zero attached hydrogens (tertiary/aromatic N) is 3. The molecule has 1 amide bonds. The van der Waals surface area contributed by atoms with Gasteiger partial charge in [0.2, 0.25) is 11.8 Å². The number of carboxylic acid groups (broad SMARTS) is 1. The van der Waals surface area contributed by atoms with E-state index in [1.807, 2.05) is 0 Å². The molecule has 20 heavy (non-hydrogen) atoms.